The molecule has 3 aromatic rings. The summed E-state index contributed by atoms with van der Waals surface area (Å²) in [5, 5.41) is 5.26. The zero-order chi connectivity index (χ0) is 18.9. The van der Waals surface area contributed by atoms with Crippen LogP contribution in [0.1, 0.15) is 17.5 Å². The van der Waals surface area contributed by atoms with Gasteiger partial charge in [-0.15, -0.1) is 11.3 Å². The Kier molecular flexibility index (Phi) is 6.60. The lowest BCUT2D eigenvalue weighted by Gasteiger charge is -2.05. The van der Waals surface area contributed by atoms with Crippen molar-refractivity contribution in [2.24, 2.45) is 0 Å². The van der Waals surface area contributed by atoms with Crippen molar-refractivity contribution in [3.8, 4) is 11.3 Å². The van der Waals surface area contributed by atoms with Crippen LogP contribution in [0.3, 0.4) is 0 Å². The van der Waals surface area contributed by atoms with Gasteiger partial charge in [-0.3, -0.25) is 0 Å². The van der Waals surface area contributed by atoms with Crippen LogP contribution < -0.4 is 11.1 Å². The number of hydrogen-bond acceptors (Lipinski definition) is 5. The van der Waals surface area contributed by atoms with Gasteiger partial charge in [0.1, 0.15) is 6.61 Å². The number of hydrogen-bond donors (Lipinski definition) is 2. The summed E-state index contributed by atoms with van der Waals surface area (Å²) in [7, 11) is 0. The van der Waals surface area contributed by atoms with E-state index in [1.165, 1.54) is 11.3 Å². The third-order valence-corrected chi connectivity index (χ3v) is 4.51. The van der Waals surface area contributed by atoms with Gasteiger partial charge in [-0.05, 0) is 17.5 Å². The Bertz CT molecular complexity index is 889. The number of nitrogens with zero attached hydrogens (tertiary/aromatic N) is 1. The summed E-state index contributed by atoms with van der Waals surface area (Å²) in [5.41, 5.74) is 9.67. The Labute approximate surface area is 162 Å². The monoisotopic (exact) mass is 379 g/mol. The molecule has 2 aromatic carbocycles. The van der Waals surface area contributed by atoms with Gasteiger partial charge in [0.05, 0.1) is 5.69 Å². The predicted molar refractivity (Wildman–Crippen MR) is 110 cm³/mol. The molecule has 0 spiro atoms. The van der Waals surface area contributed by atoms with E-state index in [-0.39, 0.29) is 6.61 Å². The molecular formula is C21H21N3O2S. The van der Waals surface area contributed by atoms with E-state index in [4.69, 9.17) is 10.5 Å². The van der Waals surface area contributed by atoms with Crippen molar-refractivity contribution in [3.63, 3.8) is 0 Å². The Morgan fingerprint density at radius 3 is 2.63 bits per heavy atom. The highest BCUT2D eigenvalue weighted by molar-refractivity contribution is 7.13. The molecule has 27 heavy (non-hydrogen) atoms. The molecule has 0 radical (unpaired) electrons. The summed E-state index contributed by atoms with van der Waals surface area (Å²) in [5.74, 6) is 0. The molecule has 3 rings (SSSR count). The van der Waals surface area contributed by atoms with Gasteiger partial charge < -0.3 is 15.8 Å². The van der Waals surface area contributed by atoms with Crippen LogP contribution in [0.15, 0.2) is 66.1 Å². The zero-order valence-electron chi connectivity index (χ0n) is 14.8. The normalized spacial score (nSPS) is 10.8. The molecule has 1 amide bonds. The summed E-state index contributed by atoms with van der Waals surface area (Å²) < 4.78 is 5.16. The molecule has 5 nitrogen and oxygen atoms in total. The van der Waals surface area contributed by atoms with Crippen LogP contribution in [-0.4, -0.2) is 17.6 Å². The third-order valence-electron chi connectivity index (χ3n) is 3.83. The number of amides is 1. The lowest BCUT2D eigenvalue weighted by Crippen LogP contribution is -2.24. The number of nitrogens with one attached hydrogen (secondary N) is 1. The molecule has 3 N–H and O–H groups in total. The van der Waals surface area contributed by atoms with Crippen molar-refractivity contribution >= 4 is 28.6 Å². The van der Waals surface area contributed by atoms with Gasteiger partial charge >= 0.3 is 6.09 Å². The molecule has 0 aliphatic rings. The molecule has 6 heteroatoms. The smallest absolute Gasteiger partial charge is 0.407 e. The number of benzene rings is 2. The van der Waals surface area contributed by atoms with Crippen molar-refractivity contribution in [2.45, 2.75) is 13.0 Å². The number of anilines is 1. The lowest BCUT2D eigenvalue weighted by molar-refractivity contribution is 0.140. The first-order valence-electron chi connectivity index (χ1n) is 8.63. The fourth-order valence-corrected chi connectivity index (χ4v) is 3.01. The highest BCUT2D eigenvalue weighted by Gasteiger charge is 2.02. The first kappa shape index (κ1) is 18.7. The van der Waals surface area contributed by atoms with Crippen LogP contribution in [0, 0.1) is 0 Å². The number of carbonyl (C=O) groups excluding carboxylic acids is 1. The molecule has 0 atom stereocenters. The summed E-state index contributed by atoms with van der Waals surface area (Å²) >= 11 is 1.44. The van der Waals surface area contributed by atoms with E-state index >= 15 is 0 Å². The second-order valence-corrected chi connectivity index (χ2v) is 6.76. The second-order valence-electron chi connectivity index (χ2n) is 5.87. The van der Waals surface area contributed by atoms with E-state index in [2.05, 4.69) is 10.3 Å². The number of thiazole rings is 1. The van der Waals surface area contributed by atoms with Gasteiger partial charge in [0.15, 0.2) is 5.13 Å². The second kappa shape index (κ2) is 9.54. The SMILES string of the molecule is Nc1nc(-c2ccc(C=CCCNC(=O)OCc3ccccc3)cc2)cs1. The van der Waals surface area contributed by atoms with Crippen molar-refractivity contribution in [2.75, 3.05) is 12.3 Å². The first-order valence-corrected chi connectivity index (χ1v) is 9.51. The number of aromatic nitrogens is 1. The van der Waals surface area contributed by atoms with Gasteiger partial charge in [-0.2, -0.15) is 0 Å². The summed E-state index contributed by atoms with van der Waals surface area (Å²) in [6, 6.07) is 17.7. The van der Waals surface area contributed by atoms with E-state index in [1.807, 2.05) is 72.1 Å². The van der Waals surface area contributed by atoms with Crippen LogP contribution in [0.5, 0.6) is 0 Å². The van der Waals surface area contributed by atoms with Gasteiger partial charge in [0, 0.05) is 17.5 Å². The van der Waals surface area contributed by atoms with Crippen molar-refractivity contribution in [1.29, 1.82) is 0 Å². The minimum atomic E-state index is -0.404. The third kappa shape index (κ3) is 5.97. The van der Waals surface area contributed by atoms with Crippen molar-refractivity contribution in [1.82, 2.24) is 10.3 Å². The van der Waals surface area contributed by atoms with Gasteiger partial charge in [-0.1, -0.05) is 66.7 Å². The largest absolute Gasteiger partial charge is 0.445 e. The molecule has 0 aliphatic heterocycles. The molecule has 0 aliphatic carbocycles. The number of ether oxygens (including phenoxy) is 1. The molecular weight excluding hydrogens is 358 g/mol. The van der Waals surface area contributed by atoms with E-state index in [9.17, 15) is 4.79 Å². The number of carbonyl (C=O) groups is 1. The zero-order valence-corrected chi connectivity index (χ0v) is 15.6. The van der Waals surface area contributed by atoms with E-state index in [0.29, 0.717) is 11.7 Å². The lowest BCUT2D eigenvalue weighted by atomic mass is 10.1. The van der Waals surface area contributed by atoms with Crippen LogP contribution >= 0.6 is 11.3 Å². The molecule has 1 heterocycles. The average molecular weight is 379 g/mol. The molecule has 0 saturated heterocycles. The maximum atomic E-state index is 11.7. The maximum Gasteiger partial charge on any atom is 0.407 e. The number of rotatable bonds is 7. The molecule has 1 aromatic heterocycles. The van der Waals surface area contributed by atoms with Crippen LogP contribution in [0.2, 0.25) is 0 Å². The Hall–Kier alpha value is -3.12. The molecule has 0 unspecified atom stereocenters. The number of alkyl carbamates (subject to hydrolysis) is 1. The first-order chi connectivity index (χ1) is 13.2. The topological polar surface area (TPSA) is 77.2 Å². The van der Waals surface area contributed by atoms with Crippen molar-refractivity contribution < 1.29 is 9.53 Å². The van der Waals surface area contributed by atoms with E-state index in [0.717, 1.165) is 28.8 Å². The molecule has 0 bridgehead atoms. The highest BCUT2D eigenvalue weighted by atomic mass is 32.1. The minimum Gasteiger partial charge on any atom is -0.445 e. The average Bonchev–Trinajstić information content (AvgIpc) is 3.14. The number of nitrogen functional groups attached to an aromatic ring is 1. The van der Waals surface area contributed by atoms with Gasteiger partial charge in [-0.25, -0.2) is 9.78 Å². The quantitative estimate of drug-likeness (QED) is 0.582. The van der Waals surface area contributed by atoms with Crippen LogP contribution in [-0.2, 0) is 11.3 Å². The van der Waals surface area contributed by atoms with E-state index < -0.39 is 6.09 Å². The van der Waals surface area contributed by atoms with Crippen molar-refractivity contribution in [3.05, 3.63) is 77.2 Å². The Balaban J connectivity index is 1.37. The number of nitrogens with two attached hydrogens (primary N) is 1. The molecule has 0 saturated carbocycles. The Morgan fingerprint density at radius 1 is 1.15 bits per heavy atom. The maximum absolute atomic E-state index is 11.7. The summed E-state index contributed by atoms with van der Waals surface area (Å²) in [6.07, 6.45) is 4.37. The van der Waals surface area contributed by atoms with Crippen LogP contribution in [0.25, 0.3) is 17.3 Å². The summed E-state index contributed by atoms with van der Waals surface area (Å²) in [6.45, 7) is 0.805. The highest BCUT2D eigenvalue weighted by Crippen LogP contribution is 2.23. The molecule has 0 fully saturated rings. The minimum absolute atomic E-state index is 0.277. The van der Waals surface area contributed by atoms with Gasteiger partial charge in [0.25, 0.3) is 0 Å². The fraction of sp³-hybridized carbons (Fsp3) is 0.143. The van der Waals surface area contributed by atoms with Gasteiger partial charge in [0.2, 0.25) is 0 Å². The summed E-state index contributed by atoms with van der Waals surface area (Å²) in [4.78, 5) is 15.9. The fourth-order valence-electron chi connectivity index (χ4n) is 2.44. The van der Waals surface area contributed by atoms with E-state index in [1.54, 1.807) is 0 Å². The van der Waals surface area contributed by atoms with Crippen LogP contribution in [0.4, 0.5) is 9.93 Å². The standard InChI is InChI=1S/C21H21N3O2S/c22-20-24-19(15-27-20)18-11-9-16(10-12-18)6-4-5-13-23-21(25)26-14-17-7-2-1-3-8-17/h1-4,6-12,15H,5,13-14H2,(H2,22,24)(H,23,25). The predicted octanol–water partition coefficient (Wildman–Crippen LogP) is 4.72. The Morgan fingerprint density at radius 2 is 1.93 bits per heavy atom. The molecule has 138 valence electrons.